The number of rotatable bonds is 6. The van der Waals surface area contributed by atoms with E-state index in [2.05, 4.69) is 0 Å². The highest BCUT2D eigenvalue weighted by Gasteiger charge is 2.30. The van der Waals surface area contributed by atoms with Crippen LogP contribution in [0.4, 0.5) is 0 Å². The van der Waals surface area contributed by atoms with Gasteiger partial charge in [0, 0.05) is 13.6 Å². The van der Waals surface area contributed by atoms with Gasteiger partial charge >= 0.3 is 5.97 Å². The summed E-state index contributed by atoms with van der Waals surface area (Å²) < 4.78 is 26.2. The normalized spacial score (nSPS) is 13.7. The first kappa shape index (κ1) is 16.1. The molecule has 0 amide bonds. The van der Waals surface area contributed by atoms with E-state index < -0.39 is 16.0 Å². The third kappa shape index (κ3) is 3.34. The smallest absolute Gasteiger partial charge is 0.347 e. The van der Waals surface area contributed by atoms with Gasteiger partial charge in [0.1, 0.15) is 9.77 Å². The van der Waals surface area contributed by atoms with E-state index in [1.807, 2.05) is 13.8 Å². The molecule has 0 aliphatic rings. The van der Waals surface area contributed by atoms with Gasteiger partial charge in [-0.2, -0.15) is 0 Å². The molecule has 0 bridgehead atoms. The van der Waals surface area contributed by atoms with Gasteiger partial charge in [0.2, 0.25) is 10.0 Å². The second kappa shape index (κ2) is 6.02. The van der Waals surface area contributed by atoms with Crippen molar-refractivity contribution in [3.05, 3.63) is 15.8 Å². The first-order valence-electron chi connectivity index (χ1n) is 5.99. The zero-order chi connectivity index (χ0) is 14.8. The number of thiophene rings is 1. The van der Waals surface area contributed by atoms with Crippen molar-refractivity contribution < 1.29 is 18.3 Å². The van der Waals surface area contributed by atoms with Gasteiger partial charge in [-0.3, -0.25) is 0 Å². The van der Waals surface area contributed by atoms with E-state index in [1.165, 1.54) is 11.4 Å². The van der Waals surface area contributed by atoms with Gasteiger partial charge in [-0.15, -0.1) is 11.3 Å². The predicted molar refractivity (Wildman–Crippen MR) is 75.3 cm³/mol. The molecule has 1 aromatic rings. The van der Waals surface area contributed by atoms with Crippen LogP contribution in [0.3, 0.4) is 0 Å². The van der Waals surface area contributed by atoms with Gasteiger partial charge in [-0.1, -0.05) is 20.3 Å². The zero-order valence-electron chi connectivity index (χ0n) is 11.5. The van der Waals surface area contributed by atoms with Crippen LogP contribution in [0.5, 0.6) is 0 Å². The van der Waals surface area contributed by atoms with Crippen molar-refractivity contribution in [1.82, 2.24) is 4.31 Å². The average Bonchev–Trinajstić information content (AvgIpc) is 2.71. The number of carbonyl (C=O) groups is 1. The summed E-state index contributed by atoms with van der Waals surface area (Å²) in [5, 5.41) is 10.6. The van der Waals surface area contributed by atoms with Crippen LogP contribution in [0.25, 0.3) is 0 Å². The van der Waals surface area contributed by atoms with Crippen molar-refractivity contribution in [3.8, 4) is 0 Å². The van der Waals surface area contributed by atoms with E-state index in [0.29, 0.717) is 12.1 Å². The largest absolute Gasteiger partial charge is 0.477 e. The van der Waals surface area contributed by atoms with Gasteiger partial charge in [-0.05, 0) is 23.8 Å². The highest BCUT2D eigenvalue weighted by Crippen LogP contribution is 2.29. The molecule has 0 aliphatic carbocycles. The SMILES string of the molecule is CCC(C)CN(C)S(=O)(=O)c1c(C)csc1C(=O)O. The molecule has 0 aliphatic heterocycles. The van der Waals surface area contributed by atoms with Crippen molar-refractivity contribution in [1.29, 1.82) is 0 Å². The Morgan fingerprint density at radius 3 is 2.58 bits per heavy atom. The Balaban J connectivity index is 3.20. The number of aryl methyl sites for hydroxylation is 1. The zero-order valence-corrected chi connectivity index (χ0v) is 13.1. The van der Waals surface area contributed by atoms with Crippen LogP contribution in [-0.4, -0.2) is 37.4 Å². The summed E-state index contributed by atoms with van der Waals surface area (Å²) in [6, 6.07) is 0. The Morgan fingerprint density at radius 2 is 2.11 bits per heavy atom. The molecule has 0 saturated heterocycles. The first-order valence-corrected chi connectivity index (χ1v) is 8.31. The maximum absolute atomic E-state index is 12.5. The summed E-state index contributed by atoms with van der Waals surface area (Å²) in [6.45, 7) is 5.95. The molecule has 0 fully saturated rings. The van der Waals surface area contributed by atoms with Crippen LogP contribution in [0.15, 0.2) is 10.3 Å². The van der Waals surface area contributed by atoms with E-state index in [0.717, 1.165) is 17.8 Å². The van der Waals surface area contributed by atoms with E-state index in [4.69, 9.17) is 5.11 Å². The number of carboxylic acids is 1. The molecule has 1 N–H and O–H groups in total. The van der Waals surface area contributed by atoms with Crippen LogP contribution in [-0.2, 0) is 10.0 Å². The Labute approximate surface area is 117 Å². The fourth-order valence-electron chi connectivity index (χ4n) is 1.72. The lowest BCUT2D eigenvalue weighted by atomic mass is 10.1. The maximum atomic E-state index is 12.5. The van der Waals surface area contributed by atoms with Crippen LogP contribution >= 0.6 is 11.3 Å². The lowest BCUT2D eigenvalue weighted by molar-refractivity contribution is 0.0698. The lowest BCUT2D eigenvalue weighted by Gasteiger charge is -2.20. The predicted octanol–water partition coefficient (Wildman–Crippen LogP) is 2.42. The first-order chi connectivity index (χ1) is 8.71. The molecule has 1 unspecified atom stereocenters. The Kier molecular flexibility index (Phi) is 5.11. The summed E-state index contributed by atoms with van der Waals surface area (Å²) >= 11 is 0.948. The number of sulfonamides is 1. The van der Waals surface area contributed by atoms with Gasteiger partial charge in [0.05, 0.1) is 0 Å². The molecule has 1 atom stereocenters. The number of hydrogen-bond donors (Lipinski definition) is 1. The van der Waals surface area contributed by atoms with Crippen LogP contribution in [0.1, 0.15) is 35.5 Å². The van der Waals surface area contributed by atoms with Crippen molar-refractivity contribution >= 4 is 27.3 Å². The van der Waals surface area contributed by atoms with E-state index in [1.54, 1.807) is 12.3 Å². The molecule has 5 nitrogen and oxygen atoms in total. The standard InChI is InChI=1S/C12H19NO4S2/c1-5-8(2)6-13(4)19(16,17)11-9(3)7-18-10(11)12(14)15/h7-8H,5-6H2,1-4H3,(H,14,15). The third-order valence-corrected chi connectivity index (χ3v) is 6.27. The van der Waals surface area contributed by atoms with Crippen molar-refractivity contribution in [2.45, 2.75) is 32.1 Å². The summed E-state index contributed by atoms with van der Waals surface area (Å²) in [7, 11) is -2.25. The van der Waals surface area contributed by atoms with Gasteiger partial charge in [0.15, 0.2) is 0 Å². The summed E-state index contributed by atoms with van der Waals surface area (Å²) in [5.74, 6) is -0.972. The Morgan fingerprint density at radius 1 is 1.53 bits per heavy atom. The molecule has 7 heteroatoms. The molecule has 0 saturated carbocycles. The van der Waals surface area contributed by atoms with Gasteiger partial charge < -0.3 is 5.11 Å². The van der Waals surface area contributed by atoms with Crippen LogP contribution < -0.4 is 0 Å². The summed E-state index contributed by atoms with van der Waals surface area (Å²) in [6.07, 6.45) is 0.869. The molecule has 0 radical (unpaired) electrons. The van der Waals surface area contributed by atoms with Gasteiger partial charge in [0.25, 0.3) is 0 Å². The second-order valence-electron chi connectivity index (χ2n) is 4.68. The molecule has 1 aromatic heterocycles. The number of hydrogen-bond acceptors (Lipinski definition) is 4. The lowest BCUT2D eigenvalue weighted by Crippen LogP contribution is -2.32. The molecule has 108 valence electrons. The quantitative estimate of drug-likeness (QED) is 0.876. The number of nitrogens with zero attached hydrogens (tertiary/aromatic N) is 1. The fraction of sp³-hybridized carbons (Fsp3) is 0.583. The van der Waals surface area contributed by atoms with E-state index in [9.17, 15) is 13.2 Å². The molecule has 1 heterocycles. The van der Waals surface area contributed by atoms with Crippen LogP contribution in [0.2, 0.25) is 0 Å². The minimum atomic E-state index is -3.74. The van der Waals surface area contributed by atoms with Gasteiger partial charge in [-0.25, -0.2) is 17.5 Å². The van der Waals surface area contributed by atoms with E-state index >= 15 is 0 Å². The molecular weight excluding hydrogens is 286 g/mol. The third-order valence-electron chi connectivity index (χ3n) is 3.05. The molecule has 19 heavy (non-hydrogen) atoms. The minimum Gasteiger partial charge on any atom is -0.477 e. The summed E-state index contributed by atoms with van der Waals surface area (Å²) in [5.41, 5.74) is 0.485. The second-order valence-corrected chi connectivity index (χ2v) is 7.54. The number of carboxylic acid groups (broad SMARTS) is 1. The maximum Gasteiger partial charge on any atom is 0.347 e. The van der Waals surface area contributed by atoms with E-state index in [-0.39, 0.29) is 15.7 Å². The Bertz CT molecular complexity index is 562. The highest BCUT2D eigenvalue weighted by atomic mass is 32.2. The molecular formula is C12H19NO4S2. The summed E-state index contributed by atoms with van der Waals surface area (Å²) in [4.78, 5) is 10.9. The van der Waals surface area contributed by atoms with Crippen molar-refractivity contribution in [3.63, 3.8) is 0 Å². The molecule has 0 spiro atoms. The van der Waals surface area contributed by atoms with Crippen molar-refractivity contribution in [2.24, 2.45) is 5.92 Å². The fourth-order valence-corrected chi connectivity index (χ4v) is 4.59. The number of aromatic carboxylic acids is 1. The van der Waals surface area contributed by atoms with Crippen molar-refractivity contribution in [2.75, 3.05) is 13.6 Å². The van der Waals surface area contributed by atoms with Crippen LogP contribution in [0, 0.1) is 12.8 Å². The average molecular weight is 305 g/mol. The Hall–Kier alpha value is -0.920. The topological polar surface area (TPSA) is 74.7 Å². The highest BCUT2D eigenvalue weighted by molar-refractivity contribution is 7.89. The molecule has 1 rings (SSSR count). The molecule has 0 aromatic carbocycles. The monoisotopic (exact) mass is 305 g/mol. The minimum absolute atomic E-state index is 0.0733.